The molecule has 0 bridgehead atoms. The zero-order valence-electron chi connectivity index (χ0n) is 34.6. The van der Waals surface area contributed by atoms with Crippen molar-refractivity contribution in [1.29, 1.82) is 0 Å². The van der Waals surface area contributed by atoms with Crippen LogP contribution < -0.4 is 18.9 Å². The van der Waals surface area contributed by atoms with E-state index < -0.39 is 32.1 Å². The molecule has 10 rings (SSSR count). The molecule has 19 heteroatoms. The van der Waals surface area contributed by atoms with Crippen LogP contribution in [0.2, 0.25) is 0 Å². The third-order valence-corrected chi connectivity index (χ3v) is 16.6. The zero-order chi connectivity index (χ0) is 44.9. The van der Waals surface area contributed by atoms with Crippen molar-refractivity contribution in [2.24, 2.45) is 0 Å². The highest BCUT2D eigenvalue weighted by molar-refractivity contribution is 9.10. The van der Waals surface area contributed by atoms with Crippen LogP contribution in [0.3, 0.4) is 0 Å². The number of aliphatic hydroxyl groups is 1. The predicted octanol–water partition coefficient (Wildman–Crippen LogP) is 5.26. The van der Waals surface area contributed by atoms with Gasteiger partial charge in [0, 0.05) is 73.4 Å². The van der Waals surface area contributed by atoms with E-state index in [9.17, 15) is 31.5 Å². The van der Waals surface area contributed by atoms with E-state index in [1.165, 1.54) is 26.8 Å². The SMILES string of the molecule is CC(C(=O)N1CC2=C(C1)CN(S(=O)(=O)c1ccc3c(c1)OCCO3)C2)c1cccc(Br)c1.O=C(C(O)c1cccc(Br)c1)N1CC2=C(C1)CN(S(=O)(=O)c1ccc3c(c1)OCCO3)C2. The lowest BCUT2D eigenvalue weighted by molar-refractivity contribution is -0.139. The van der Waals surface area contributed by atoms with Crippen molar-refractivity contribution in [3.8, 4) is 23.0 Å². The van der Waals surface area contributed by atoms with Crippen LogP contribution in [0.1, 0.15) is 30.1 Å². The fourth-order valence-electron chi connectivity index (χ4n) is 8.59. The number of amides is 2. The van der Waals surface area contributed by atoms with Crippen LogP contribution in [0, 0.1) is 0 Å². The minimum absolute atomic E-state index is 0.0544. The number of sulfonamides is 2. The number of ether oxygens (including phenoxy) is 4. The zero-order valence-corrected chi connectivity index (χ0v) is 39.4. The Balaban J connectivity index is 0.000000162. The molecule has 1 N–H and O–H groups in total. The standard InChI is InChI=1S/C23H23BrN2O5S.C22H21BrN2O6S/c1-15(16-3-2-4-19(24)9-16)23(27)25-11-17-13-26(14-18(17)12-25)32(28,29)20-5-6-21-22(10-20)31-8-7-30-21;23-17-3-1-2-14(8-17)21(26)22(27)24-10-15-12-25(13-16(15)11-24)32(28,29)18-4-5-19-20(9-18)31-7-6-30-19/h2-6,9-10,15H,7-8,11-14H2,1H3;1-5,8-9,21,26H,6-7,10-13H2. The second kappa shape index (κ2) is 17.9. The summed E-state index contributed by atoms with van der Waals surface area (Å²) in [6.45, 7) is 6.22. The molecular weight excluding hydrogens is 996 g/mol. The van der Waals surface area contributed by atoms with Crippen molar-refractivity contribution in [2.75, 3.05) is 78.8 Å². The quantitative estimate of drug-likeness (QED) is 0.228. The van der Waals surface area contributed by atoms with E-state index >= 15 is 0 Å². The molecule has 0 fully saturated rings. The molecular formula is C45H44Br2N4O11S2. The molecule has 2 unspecified atom stereocenters. The molecule has 6 aliphatic heterocycles. The summed E-state index contributed by atoms with van der Waals surface area (Å²) in [6, 6.07) is 24.1. The molecule has 4 aromatic rings. The van der Waals surface area contributed by atoms with Crippen LogP contribution in [-0.2, 0) is 29.6 Å². The lowest BCUT2D eigenvalue weighted by atomic mass is 10.00. The molecule has 6 aliphatic rings. The highest BCUT2D eigenvalue weighted by Gasteiger charge is 2.41. The monoisotopic (exact) mass is 1040 g/mol. The number of nitrogens with zero attached hydrogens (tertiary/aromatic N) is 4. The smallest absolute Gasteiger partial charge is 0.256 e. The van der Waals surface area contributed by atoms with Gasteiger partial charge in [0.1, 0.15) is 26.4 Å². The number of hydrogen-bond donors (Lipinski definition) is 1. The predicted molar refractivity (Wildman–Crippen MR) is 241 cm³/mol. The third-order valence-electron chi connectivity index (χ3n) is 12.0. The van der Waals surface area contributed by atoms with Crippen LogP contribution in [0.15, 0.2) is 126 Å². The number of rotatable bonds is 8. The van der Waals surface area contributed by atoms with Crippen molar-refractivity contribution >= 4 is 63.7 Å². The molecule has 0 saturated carbocycles. The highest BCUT2D eigenvalue weighted by atomic mass is 79.9. The Morgan fingerprint density at radius 3 is 1.36 bits per heavy atom. The molecule has 6 heterocycles. The molecule has 2 atom stereocenters. The first-order valence-electron chi connectivity index (χ1n) is 20.6. The number of benzene rings is 4. The summed E-state index contributed by atoms with van der Waals surface area (Å²) in [6.07, 6.45) is -1.26. The first-order chi connectivity index (χ1) is 30.6. The molecule has 2 amide bonds. The summed E-state index contributed by atoms with van der Waals surface area (Å²) in [5, 5.41) is 10.5. The molecule has 64 heavy (non-hydrogen) atoms. The van der Waals surface area contributed by atoms with E-state index in [1.54, 1.807) is 41.3 Å². The fourth-order valence-corrected chi connectivity index (χ4v) is 12.3. The van der Waals surface area contributed by atoms with Gasteiger partial charge >= 0.3 is 0 Å². The first-order valence-corrected chi connectivity index (χ1v) is 25.1. The summed E-state index contributed by atoms with van der Waals surface area (Å²) in [4.78, 5) is 29.6. The van der Waals surface area contributed by atoms with Gasteiger partial charge in [-0.1, -0.05) is 56.1 Å². The molecule has 0 aromatic heterocycles. The van der Waals surface area contributed by atoms with Gasteiger partial charge in [0.25, 0.3) is 5.91 Å². The van der Waals surface area contributed by atoms with E-state index in [4.69, 9.17) is 18.9 Å². The molecule has 4 aromatic carbocycles. The van der Waals surface area contributed by atoms with Gasteiger partial charge in [0.2, 0.25) is 26.0 Å². The molecule has 336 valence electrons. The van der Waals surface area contributed by atoms with E-state index in [2.05, 4.69) is 31.9 Å². The van der Waals surface area contributed by atoms with Gasteiger partial charge < -0.3 is 33.9 Å². The molecule has 0 saturated heterocycles. The van der Waals surface area contributed by atoms with Gasteiger partial charge in [0.05, 0.1) is 15.7 Å². The molecule has 0 radical (unpaired) electrons. The highest BCUT2D eigenvalue weighted by Crippen LogP contribution is 2.38. The Labute approximate surface area is 388 Å². The number of halogens is 2. The van der Waals surface area contributed by atoms with Gasteiger partial charge in [-0.3, -0.25) is 9.59 Å². The maximum absolute atomic E-state index is 13.2. The van der Waals surface area contributed by atoms with Crippen molar-refractivity contribution in [2.45, 2.75) is 28.7 Å². The lowest BCUT2D eigenvalue weighted by Crippen LogP contribution is -2.38. The average molecular weight is 1040 g/mol. The van der Waals surface area contributed by atoms with Crippen molar-refractivity contribution in [3.05, 3.63) is 127 Å². The fraction of sp³-hybridized carbons (Fsp3) is 0.333. The normalized spacial score (nSPS) is 19.2. The Morgan fingerprint density at radius 2 is 0.922 bits per heavy atom. The van der Waals surface area contributed by atoms with Gasteiger partial charge in [-0.05, 0) is 88.9 Å². The number of fused-ring (bicyclic) bond motifs is 2. The number of carbonyl (C=O) groups is 2. The molecule has 0 spiro atoms. The topological polar surface area (TPSA) is 173 Å². The van der Waals surface area contributed by atoms with Gasteiger partial charge in [-0.2, -0.15) is 8.61 Å². The second-order valence-corrected chi connectivity index (χ2v) is 21.9. The van der Waals surface area contributed by atoms with Gasteiger partial charge in [-0.15, -0.1) is 0 Å². The Morgan fingerprint density at radius 1 is 0.531 bits per heavy atom. The summed E-state index contributed by atoms with van der Waals surface area (Å²) in [5.74, 6) is 1.38. The Hall–Kier alpha value is -4.76. The van der Waals surface area contributed by atoms with E-state index in [-0.39, 0.29) is 34.7 Å². The minimum atomic E-state index is -3.72. The molecule has 15 nitrogen and oxygen atoms in total. The maximum Gasteiger partial charge on any atom is 0.256 e. The number of aliphatic hydroxyl groups excluding tert-OH is 1. The average Bonchev–Trinajstić information content (AvgIpc) is 4.09. The second-order valence-electron chi connectivity index (χ2n) is 16.2. The van der Waals surface area contributed by atoms with E-state index in [1.807, 2.05) is 42.2 Å². The molecule has 0 aliphatic carbocycles. The van der Waals surface area contributed by atoms with Gasteiger partial charge in [-0.25, -0.2) is 16.8 Å². The van der Waals surface area contributed by atoms with Crippen LogP contribution in [0.5, 0.6) is 23.0 Å². The van der Waals surface area contributed by atoms with E-state index in [0.717, 1.165) is 36.8 Å². The largest absolute Gasteiger partial charge is 0.486 e. The first kappa shape index (κ1) is 44.4. The Kier molecular flexibility index (Phi) is 12.4. The Bertz CT molecular complexity index is 2610. The van der Waals surface area contributed by atoms with Crippen LogP contribution in [-0.4, -0.2) is 131 Å². The summed E-state index contributed by atoms with van der Waals surface area (Å²) < 4.78 is 79.4. The lowest BCUT2D eigenvalue weighted by Gasteiger charge is -2.25. The van der Waals surface area contributed by atoms with E-state index in [0.29, 0.717) is 94.3 Å². The van der Waals surface area contributed by atoms with Crippen LogP contribution in [0.4, 0.5) is 0 Å². The number of carbonyl (C=O) groups excluding carboxylic acids is 2. The van der Waals surface area contributed by atoms with Crippen molar-refractivity contribution in [3.63, 3.8) is 0 Å². The third kappa shape index (κ3) is 8.82. The minimum Gasteiger partial charge on any atom is -0.486 e. The van der Waals surface area contributed by atoms with Gasteiger partial charge in [0.15, 0.2) is 29.1 Å². The van der Waals surface area contributed by atoms with Crippen molar-refractivity contribution in [1.82, 2.24) is 18.4 Å². The van der Waals surface area contributed by atoms with Crippen LogP contribution >= 0.6 is 31.9 Å². The number of hydrogen-bond acceptors (Lipinski definition) is 11. The van der Waals surface area contributed by atoms with Crippen molar-refractivity contribution < 1.29 is 50.5 Å². The summed E-state index contributed by atoms with van der Waals surface area (Å²) in [5.41, 5.74) is 5.31. The maximum atomic E-state index is 13.2. The van der Waals surface area contributed by atoms with Crippen LogP contribution in [0.25, 0.3) is 0 Å². The summed E-state index contributed by atoms with van der Waals surface area (Å²) >= 11 is 6.80. The summed E-state index contributed by atoms with van der Waals surface area (Å²) in [7, 11) is -7.39.